The van der Waals surface area contributed by atoms with Gasteiger partial charge < -0.3 is 15.2 Å². The van der Waals surface area contributed by atoms with Gasteiger partial charge in [0, 0.05) is 12.1 Å². The Hall–Kier alpha value is -1.19. The van der Waals surface area contributed by atoms with Gasteiger partial charge in [-0.2, -0.15) is 0 Å². The highest BCUT2D eigenvalue weighted by atomic mass is 35.5. The zero-order valence-electron chi connectivity index (χ0n) is 9.13. The smallest absolute Gasteiger partial charge is 0.165 e. The van der Waals surface area contributed by atoms with Crippen molar-refractivity contribution in [3.63, 3.8) is 0 Å². The van der Waals surface area contributed by atoms with Crippen LogP contribution < -0.4 is 15.2 Å². The van der Waals surface area contributed by atoms with Gasteiger partial charge in [-0.1, -0.05) is 23.8 Å². The maximum Gasteiger partial charge on any atom is 0.165 e. The maximum atomic E-state index is 6.24. The lowest BCUT2D eigenvalue weighted by atomic mass is 10.1. The fourth-order valence-electron chi connectivity index (χ4n) is 1.67. The van der Waals surface area contributed by atoms with Crippen LogP contribution in [-0.4, -0.2) is 19.8 Å². The Labute approximate surface area is 99.8 Å². The van der Waals surface area contributed by atoms with E-state index >= 15 is 0 Å². The van der Waals surface area contributed by atoms with Crippen LogP contribution in [0.1, 0.15) is 11.1 Å². The van der Waals surface area contributed by atoms with Crippen molar-refractivity contribution in [2.24, 2.45) is 5.73 Å². The standard InChI is InChI=1S/C12H14ClNO2/c1-8-11(13)9(3-2-4-14)7-10-12(8)16-6-5-15-10/h2-3,7H,4-6,14H2,1H3/b3-2+. The summed E-state index contributed by atoms with van der Waals surface area (Å²) >= 11 is 6.24. The molecule has 2 N–H and O–H groups in total. The predicted octanol–water partition coefficient (Wildman–Crippen LogP) is 2.39. The molecule has 3 nitrogen and oxygen atoms in total. The Morgan fingerprint density at radius 1 is 1.44 bits per heavy atom. The third-order valence-corrected chi connectivity index (χ3v) is 2.96. The number of nitrogens with two attached hydrogens (primary N) is 1. The van der Waals surface area contributed by atoms with E-state index in [0.717, 1.165) is 22.6 Å². The van der Waals surface area contributed by atoms with Gasteiger partial charge in [0.05, 0.1) is 5.02 Å². The van der Waals surface area contributed by atoms with Crippen LogP contribution in [0.4, 0.5) is 0 Å². The third kappa shape index (κ3) is 2.01. The molecule has 1 heterocycles. The van der Waals surface area contributed by atoms with E-state index in [1.807, 2.05) is 25.1 Å². The molecule has 1 aromatic carbocycles. The number of halogens is 1. The van der Waals surface area contributed by atoms with Crippen LogP contribution in [0, 0.1) is 6.92 Å². The molecular formula is C12H14ClNO2. The molecule has 0 unspecified atom stereocenters. The van der Waals surface area contributed by atoms with Crippen LogP contribution in [0.3, 0.4) is 0 Å². The SMILES string of the molecule is Cc1c(Cl)c(/C=C/CN)cc2c1OCCO2. The molecule has 1 aliphatic rings. The lowest BCUT2D eigenvalue weighted by Crippen LogP contribution is -2.16. The van der Waals surface area contributed by atoms with Gasteiger partial charge in [0.15, 0.2) is 11.5 Å². The van der Waals surface area contributed by atoms with Crippen LogP contribution in [0.5, 0.6) is 11.5 Å². The number of hydrogen-bond acceptors (Lipinski definition) is 3. The van der Waals surface area contributed by atoms with E-state index in [0.29, 0.717) is 24.8 Å². The number of rotatable bonds is 2. The van der Waals surface area contributed by atoms with Crippen LogP contribution in [0.2, 0.25) is 5.02 Å². The first-order valence-corrected chi connectivity index (χ1v) is 5.57. The van der Waals surface area contributed by atoms with Crippen molar-refractivity contribution in [2.45, 2.75) is 6.92 Å². The Kier molecular flexibility index (Phi) is 3.36. The van der Waals surface area contributed by atoms with Crippen LogP contribution in [0.15, 0.2) is 12.1 Å². The average molecular weight is 240 g/mol. The summed E-state index contributed by atoms with van der Waals surface area (Å²) < 4.78 is 11.1. The van der Waals surface area contributed by atoms with Gasteiger partial charge in [-0.25, -0.2) is 0 Å². The summed E-state index contributed by atoms with van der Waals surface area (Å²) in [6, 6.07) is 1.88. The van der Waals surface area contributed by atoms with Gasteiger partial charge in [-0.15, -0.1) is 0 Å². The number of fused-ring (bicyclic) bond motifs is 1. The van der Waals surface area contributed by atoms with Gasteiger partial charge in [-0.05, 0) is 18.6 Å². The third-order valence-electron chi connectivity index (χ3n) is 2.45. The summed E-state index contributed by atoms with van der Waals surface area (Å²) in [4.78, 5) is 0. The van der Waals surface area contributed by atoms with Crippen LogP contribution >= 0.6 is 11.6 Å². The molecule has 0 aliphatic carbocycles. The zero-order valence-corrected chi connectivity index (χ0v) is 9.88. The fourth-order valence-corrected chi connectivity index (χ4v) is 1.87. The molecule has 0 bridgehead atoms. The molecule has 1 aliphatic heterocycles. The van der Waals surface area contributed by atoms with Gasteiger partial charge >= 0.3 is 0 Å². The summed E-state index contributed by atoms with van der Waals surface area (Å²) in [6.45, 7) is 3.57. The Balaban J connectivity index is 2.48. The summed E-state index contributed by atoms with van der Waals surface area (Å²) in [5.41, 5.74) is 7.24. The summed E-state index contributed by atoms with van der Waals surface area (Å²) in [6.07, 6.45) is 3.75. The quantitative estimate of drug-likeness (QED) is 0.862. The summed E-state index contributed by atoms with van der Waals surface area (Å²) in [7, 11) is 0. The van der Waals surface area contributed by atoms with E-state index in [1.54, 1.807) is 0 Å². The first-order valence-electron chi connectivity index (χ1n) is 5.19. The second-order valence-electron chi connectivity index (χ2n) is 3.57. The van der Waals surface area contributed by atoms with Crippen LogP contribution in [0.25, 0.3) is 6.08 Å². The van der Waals surface area contributed by atoms with Gasteiger partial charge in [0.25, 0.3) is 0 Å². The van der Waals surface area contributed by atoms with Crippen LogP contribution in [-0.2, 0) is 0 Å². The Bertz CT molecular complexity index is 430. The molecule has 2 rings (SSSR count). The molecule has 0 saturated heterocycles. The Morgan fingerprint density at radius 2 is 2.19 bits per heavy atom. The molecule has 0 atom stereocenters. The topological polar surface area (TPSA) is 44.5 Å². The molecule has 4 heteroatoms. The van der Waals surface area contributed by atoms with Crippen molar-refractivity contribution < 1.29 is 9.47 Å². The summed E-state index contributed by atoms with van der Waals surface area (Å²) in [5, 5.41) is 0.689. The second-order valence-corrected chi connectivity index (χ2v) is 3.94. The molecule has 0 saturated carbocycles. The van der Waals surface area contributed by atoms with Gasteiger partial charge in [-0.3, -0.25) is 0 Å². The van der Waals surface area contributed by atoms with Gasteiger partial charge in [0.2, 0.25) is 0 Å². The zero-order chi connectivity index (χ0) is 11.5. The number of ether oxygens (including phenoxy) is 2. The maximum absolute atomic E-state index is 6.24. The molecule has 0 aromatic heterocycles. The highest BCUT2D eigenvalue weighted by Gasteiger charge is 2.18. The van der Waals surface area contributed by atoms with Gasteiger partial charge in [0.1, 0.15) is 13.2 Å². The lowest BCUT2D eigenvalue weighted by Gasteiger charge is -2.21. The van der Waals surface area contributed by atoms with Crippen molar-refractivity contribution in [2.75, 3.05) is 19.8 Å². The fraction of sp³-hybridized carbons (Fsp3) is 0.333. The molecule has 1 aromatic rings. The minimum atomic E-state index is 0.490. The molecule has 0 amide bonds. The van der Waals surface area contributed by atoms with Crippen molar-refractivity contribution >= 4 is 17.7 Å². The molecule has 16 heavy (non-hydrogen) atoms. The second kappa shape index (κ2) is 4.76. The van der Waals surface area contributed by atoms with Crippen molar-refractivity contribution in [3.05, 3.63) is 28.3 Å². The predicted molar refractivity (Wildman–Crippen MR) is 65.3 cm³/mol. The number of benzene rings is 1. The summed E-state index contributed by atoms with van der Waals surface area (Å²) in [5.74, 6) is 1.51. The number of hydrogen-bond donors (Lipinski definition) is 1. The average Bonchev–Trinajstić information content (AvgIpc) is 2.32. The lowest BCUT2D eigenvalue weighted by molar-refractivity contribution is 0.170. The van der Waals surface area contributed by atoms with Crippen molar-refractivity contribution in [1.29, 1.82) is 0 Å². The van der Waals surface area contributed by atoms with Crippen molar-refractivity contribution in [3.8, 4) is 11.5 Å². The van der Waals surface area contributed by atoms with E-state index in [-0.39, 0.29) is 0 Å². The molecule has 0 radical (unpaired) electrons. The van der Waals surface area contributed by atoms with E-state index in [9.17, 15) is 0 Å². The van der Waals surface area contributed by atoms with E-state index in [4.69, 9.17) is 26.8 Å². The Morgan fingerprint density at radius 3 is 2.94 bits per heavy atom. The highest BCUT2D eigenvalue weighted by Crippen LogP contribution is 2.40. The van der Waals surface area contributed by atoms with E-state index in [2.05, 4.69) is 0 Å². The normalized spacial score (nSPS) is 14.4. The minimum Gasteiger partial charge on any atom is -0.486 e. The molecule has 0 fully saturated rings. The minimum absolute atomic E-state index is 0.490. The van der Waals surface area contributed by atoms with Crippen molar-refractivity contribution in [1.82, 2.24) is 0 Å². The monoisotopic (exact) mass is 239 g/mol. The highest BCUT2D eigenvalue weighted by molar-refractivity contribution is 6.33. The molecule has 0 spiro atoms. The first kappa shape index (κ1) is 11.3. The van der Waals surface area contributed by atoms with E-state index in [1.165, 1.54) is 0 Å². The largest absolute Gasteiger partial charge is 0.486 e. The molecule has 86 valence electrons. The molecular weight excluding hydrogens is 226 g/mol. The van der Waals surface area contributed by atoms with E-state index < -0.39 is 0 Å². The first-order chi connectivity index (χ1) is 7.74.